The highest BCUT2D eigenvalue weighted by Crippen LogP contribution is 2.33. The number of alkyl halides is 3. The molecule has 134 valence electrons. The summed E-state index contributed by atoms with van der Waals surface area (Å²) >= 11 is 3.44. The van der Waals surface area contributed by atoms with E-state index in [1.165, 1.54) is 12.1 Å². The highest BCUT2D eigenvalue weighted by atomic mass is 79.9. The van der Waals surface area contributed by atoms with Crippen molar-refractivity contribution in [2.24, 2.45) is 0 Å². The first-order valence-corrected chi connectivity index (χ1v) is 9.12. The predicted octanol–water partition coefficient (Wildman–Crippen LogP) is 4.85. The van der Waals surface area contributed by atoms with Gasteiger partial charge in [-0.05, 0) is 48.4 Å². The first-order valence-electron chi connectivity index (χ1n) is 8.32. The van der Waals surface area contributed by atoms with Crippen molar-refractivity contribution >= 4 is 15.9 Å². The molecule has 2 aromatic carbocycles. The summed E-state index contributed by atoms with van der Waals surface area (Å²) in [6.45, 7) is 3.63. The number of nitrogens with zero attached hydrogens (tertiary/aromatic N) is 1. The minimum atomic E-state index is -4.31. The molecule has 0 radical (unpaired) electrons. The average Bonchev–Trinajstić information content (AvgIpc) is 2.86. The Kier molecular flexibility index (Phi) is 5.81. The van der Waals surface area contributed by atoms with E-state index in [0.717, 1.165) is 48.2 Å². The molecule has 3 rings (SSSR count). The van der Waals surface area contributed by atoms with Crippen LogP contribution in [-0.4, -0.2) is 31.1 Å². The van der Waals surface area contributed by atoms with Gasteiger partial charge in [0.2, 0.25) is 0 Å². The maximum absolute atomic E-state index is 12.9. The van der Waals surface area contributed by atoms with Crippen LogP contribution in [0.1, 0.15) is 29.2 Å². The van der Waals surface area contributed by atoms with Crippen molar-refractivity contribution < 1.29 is 13.2 Å². The molecule has 2 nitrogen and oxygen atoms in total. The standard InChI is InChI=1S/C19H20BrF3N2/c20-17-8-4-15(5-9-17)18(25-12-1-10-24-11-13-25)14-2-6-16(7-3-14)19(21,22)23/h2-9,18,24H,1,10-13H2. The van der Waals surface area contributed by atoms with Gasteiger partial charge in [-0.3, -0.25) is 4.90 Å². The number of halogens is 4. The van der Waals surface area contributed by atoms with Crippen LogP contribution in [0.25, 0.3) is 0 Å². The summed E-state index contributed by atoms with van der Waals surface area (Å²) in [6, 6.07) is 13.5. The van der Waals surface area contributed by atoms with Gasteiger partial charge >= 0.3 is 6.18 Å². The summed E-state index contributed by atoms with van der Waals surface area (Å²) in [6.07, 6.45) is -3.29. The van der Waals surface area contributed by atoms with Gasteiger partial charge in [0.1, 0.15) is 0 Å². The Balaban J connectivity index is 1.96. The van der Waals surface area contributed by atoms with Gasteiger partial charge < -0.3 is 5.32 Å². The van der Waals surface area contributed by atoms with Crippen molar-refractivity contribution in [2.75, 3.05) is 26.2 Å². The van der Waals surface area contributed by atoms with Crippen molar-refractivity contribution in [3.05, 3.63) is 69.7 Å². The molecule has 6 heteroatoms. The third kappa shape index (κ3) is 4.63. The van der Waals surface area contributed by atoms with E-state index < -0.39 is 11.7 Å². The van der Waals surface area contributed by atoms with E-state index in [4.69, 9.17) is 0 Å². The molecule has 2 aromatic rings. The van der Waals surface area contributed by atoms with Crippen molar-refractivity contribution in [1.82, 2.24) is 10.2 Å². The molecule has 1 heterocycles. The fourth-order valence-corrected chi connectivity index (χ4v) is 3.50. The monoisotopic (exact) mass is 412 g/mol. The maximum Gasteiger partial charge on any atom is 0.416 e. The molecule has 0 saturated carbocycles. The highest BCUT2D eigenvalue weighted by Gasteiger charge is 2.31. The molecular formula is C19H20BrF3N2. The van der Waals surface area contributed by atoms with Gasteiger partial charge in [0.25, 0.3) is 0 Å². The fraction of sp³-hybridized carbons (Fsp3) is 0.368. The van der Waals surface area contributed by atoms with Crippen LogP contribution in [0.4, 0.5) is 13.2 Å². The molecule has 1 fully saturated rings. The summed E-state index contributed by atoms with van der Waals surface area (Å²) in [5, 5.41) is 3.38. The molecule has 0 amide bonds. The predicted molar refractivity (Wildman–Crippen MR) is 96.5 cm³/mol. The Morgan fingerprint density at radius 3 is 2.08 bits per heavy atom. The van der Waals surface area contributed by atoms with Crippen molar-refractivity contribution in [3.8, 4) is 0 Å². The van der Waals surface area contributed by atoms with Gasteiger partial charge in [0.05, 0.1) is 11.6 Å². The smallest absolute Gasteiger partial charge is 0.315 e. The molecule has 1 aliphatic heterocycles. The van der Waals surface area contributed by atoms with Gasteiger partial charge in [0, 0.05) is 24.1 Å². The Hall–Kier alpha value is -1.37. The fourth-order valence-electron chi connectivity index (χ4n) is 3.24. The minimum absolute atomic E-state index is 0.0460. The summed E-state index contributed by atoms with van der Waals surface area (Å²) in [4.78, 5) is 2.34. The lowest BCUT2D eigenvalue weighted by atomic mass is 9.96. The molecule has 1 atom stereocenters. The van der Waals surface area contributed by atoms with E-state index in [1.54, 1.807) is 12.1 Å². The Morgan fingerprint density at radius 2 is 1.48 bits per heavy atom. The highest BCUT2D eigenvalue weighted by molar-refractivity contribution is 9.10. The summed E-state index contributed by atoms with van der Waals surface area (Å²) < 4.78 is 39.6. The van der Waals surface area contributed by atoms with Crippen LogP contribution in [0.15, 0.2) is 53.0 Å². The maximum atomic E-state index is 12.9. The van der Waals surface area contributed by atoms with Gasteiger partial charge in [-0.15, -0.1) is 0 Å². The van der Waals surface area contributed by atoms with E-state index in [9.17, 15) is 13.2 Å². The number of hydrogen-bond acceptors (Lipinski definition) is 2. The zero-order valence-corrected chi connectivity index (χ0v) is 15.3. The Labute approximate surface area is 154 Å². The van der Waals surface area contributed by atoms with Crippen LogP contribution in [0.2, 0.25) is 0 Å². The van der Waals surface area contributed by atoms with Crippen LogP contribution >= 0.6 is 15.9 Å². The molecule has 1 saturated heterocycles. The molecule has 1 aliphatic rings. The summed E-state index contributed by atoms with van der Waals surface area (Å²) in [7, 11) is 0. The number of nitrogens with one attached hydrogen (secondary N) is 1. The Morgan fingerprint density at radius 1 is 0.880 bits per heavy atom. The zero-order valence-electron chi connectivity index (χ0n) is 13.7. The summed E-state index contributed by atoms with van der Waals surface area (Å²) in [5.41, 5.74) is 1.37. The SMILES string of the molecule is FC(F)(F)c1ccc(C(c2ccc(Br)cc2)N2CCCNCC2)cc1. The van der Waals surface area contributed by atoms with E-state index >= 15 is 0 Å². The molecule has 25 heavy (non-hydrogen) atoms. The minimum Gasteiger partial charge on any atom is -0.315 e. The molecule has 0 spiro atoms. The molecule has 0 bridgehead atoms. The van der Waals surface area contributed by atoms with Gasteiger partial charge in [-0.1, -0.05) is 40.2 Å². The number of hydrogen-bond donors (Lipinski definition) is 1. The normalized spacial score (nSPS) is 17.9. The number of benzene rings is 2. The molecule has 1 N–H and O–H groups in total. The average molecular weight is 413 g/mol. The van der Waals surface area contributed by atoms with Crippen LogP contribution in [0, 0.1) is 0 Å². The zero-order chi connectivity index (χ0) is 17.9. The Bertz CT molecular complexity index is 675. The second-order valence-corrected chi connectivity index (χ2v) is 7.13. The van der Waals surface area contributed by atoms with Crippen molar-refractivity contribution in [3.63, 3.8) is 0 Å². The first-order chi connectivity index (χ1) is 11.9. The molecular weight excluding hydrogens is 393 g/mol. The van der Waals surface area contributed by atoms with Crippen LogP contribution < -0.4 is 5.32 Å². The van der Waals surface area contributed by atoms with E-state index in [-0.39, 0.29) is 6.04 Å². The third-order valence-electron chi connectivity index (χ3n) is 4.48. The van der Waals surface area contributed by atoms with Crippen LogP contribution in [0.5, 0.6) is 0 Å². The third-order valence-corrected chi connectivity index (χ3v) is 5.01. The first kappa shape index (κ1) is 18.4. The van der Waals surface area contributed by atoms with Crippen molar-refractivity contribution in [2.45, 2.75) is 18.6 Å². The molecule has 0 aliphatic carbocycles. The largest absolute Gasteiger partial charge is 0.416 e. The van der Waals surface area contributed by atoms with Gasteiger partial charge in [-0.25, -0.2) is 0 Å². The summed E-state index contributed by atoms with van der Waals surface area (Å²) in [5.74, 6) is 0. The lowest BCUT2D eigenvalue weighted by Gasteiger charge is -2.31. The van der Waals surface area contributed by atoms with Crippen molar-refractivity contribution in [1.29, 1.82) is 0 Å². The topological polar surface area (TPSA) is 15.3 Å². The molecule has 1 unspecified atom stereocenters. The molecule has 0 aromatic heterocycles. The lowest BCUT2D eigenvalue weighted by molar-refractivity contribution is -0.137. The second-order valence-electron chi connectivity index (χ2n) is 6.21. The van der Waals surface area contributed by atoms with Gasteiger partial charge in [0.15, 0.2) is 0 Å². The van der Waals surface area contributed by atoms with Crippen LogP contribution in [-0.2, 0) is 6.18 Å². The van der Waals surface area contributed by atoms with Crippen LogP contribution in [0.3, 0.4) is 0 Å². The quantitative estimate of drug-likeness (QED) is 0.774. The lowest BCUT2D eigenvalue weighted by Crippen LogP contribution is -2.33. The second kappa shape index (κ2) is 7.89. The van der Waals surface area contributed by atoms with E-state index in [2.05, 4.69) is 26.1 Å². The van der Waals surface area contributed by atoms with E-state index in [1.807, 2.05) is 24.3 Å². The van der Waals surface area contributed by atoms with Gasteiger partial charge in [-0.2, -0.15) is 13.2 Å². The number of rotatable bonds is 3. The van der Waals surface area contributed by atoms with E-state index in [0.29, 0.717) is 0 Å².